The highest BCUT2D eigenvalue weighted by Crippen LogP contribution is 2.33. The van der Waals surface area contributed by atoms with Gasteiger partial charge in [-0.3, -0.25) is 9.59 Å². The van der Waals surface area contributed by atoms with Crippen LogP contribution in [0, 0.1) is 5.92 Å². The third kappa shape index (κ3) is 3.84. The highest BCUT2D eigenvalue weighted by molar-refractivity contribution is 6.30. The van der Waals surface area contributed by atoms with Crippen LogP contribution in [0.2, 0.25) is 5.02 Å². The Balaban J connectivity index is 1.50. The Kier molecular flexibility index (Phi) is 5.78. The molecule has 0 spiro atoms. The van der Waals surface area contributed by atoms with Gasteiger partial charge in [-0.25, -0.2) is 4.68 Å². The number of hydrogen-bond donors (Lipinski definition) is 0. The number of aldehydes is 1. The molecule has 7 heteroatoms. The van der Waals surface area contributed by atoms with Crippen molar-refractivity contribution in [2.24, 2.45) is 5.92 Å². The minimum Gasteiger partial charge on any atom is -0.381 e. The summed E-state index contributed by atoms with van der Waals surface area (Å²) >= 11 is 6.00. The zero-order chi connectivity index (χ0) is 19.5. The molecular formula is C21H24ClN3O3. The fourth-order valence-electron chi connectivity index (χ4n) is 4.23. The first-order valence-corrected chi connectivity index (χ1v) is 10.2. The van der Waals surface area contributed by atoms with Gasteiger partial charge in [-0.05, 0) is 49.9 Å². The number of amides is 1. The molecule has 28 heavy (non-hydrogen) atoms. The summed E-state index contributed by atoms with van der Waals surface area (Å²) in [4.78, 5) is 26.4. The van der Waals surface area contributed by atoms with Gasteiger partial charge in [0, 0.05) is 43.2 Å². The number of carbonyl (C=O) groups is 2. The molecule has 2 aliphatic rings. The minimum absolute atomic E-state index is 0.0930. The molecule has 0 aliphatic carbocycles. The van der Waals surface area contributed by atoms with Crippen molar-refractivity contribution < 1.29 is 14.3 Å². The van der Waals surface area contributed by atoms with Crippen LogP contribution in [0.15, 0.2) is 30.5 Å². The highest BCUT2D eigenvalue weighted by Gasteiger charge is 2.32. The molecule has 148 valence electrons. The van der Waals surface area contributed by atoms with E-state index < -0.39 is 0 Å². The molecule has 2 saturated heterocycles. The monoisotopic (exact) mass is 401 g/mol. The molecule has 6 nitrogen and oxygen atoms in total. The Morgan fingerprint density at radius 2 is 1.79 bits per heavy atom. The van der Waals surface area contributed by atoms with Crippen molar-refractivity contribution in [1.29, 1.82) is 0 Å². The van der Waals surface area contributed by atoms with Gasteiger partial charge < -0.3 is 9.64 Å². The molecule has 0 saturated carbocycles. The molecule has 0 atom stereocenters. The fourth-order valence-corrected chi connectivity index (χ4v) is 4.36. The van der Waals surface area contributed by atoms with Crippen LogP contribution in [-0.4, -0.2) is 53.2 Å². The van der Waals surface area contributed by atoms with E-state index in [1.54, 1.807) is 6.20 Å². The molecule has 0 bridgehead atoms. The zero-order valence-corrected chi connectivity index (χ0v) is 16.5. The fraction of sp³-hybridized carbons (Fsp3) is 0.476. The van der Waals surface area contributed by atoms with E-state index in [9.17, 15) is 9.59 Å². The van der Waals surface area contributed by atoms with Gasteiger partial charge in [-0.2, -0.15) is 5.10 Å². The predicted molar refractivity (Wildman–Crippen MR) is 106 cm³/mol. The Hall–Kier alpha value is -2.18. The number of ether oxygens (including phenoxy) is 1. The Morgan fingerprint density at radius 1 is 1.11 bits per heavy atom. The number of piperidine rings is 1. The lowest BCUT2D eigenvalue weighted by atomic mass is 9.89. The molecule has 0 radical (unpaired) electrons. The van der Waals surface area contributed by atoms with E-state index in [2.05, 4.69) is 5.10 Å². The average molecular weight is 402 g/mol. The summed E-state index contributed by atoms with van der Waals surface area (Å²) in [7, 11) is 0. The largest absolute Gasteiger partial charge is 0.381 e. The summed E-state index contributed by atoms with van der Waals surface area (Å²) in [6, 6.07) is 7.44. The molecule has 0 unspecified atom stereocenters. The molecule has 1 aromatic heterocycles. The second-order valence-corrected chi connectivity index (χ2v) is 7.91. The lowest BCUT2D eigenvalue weighted by Gasteiger charge is -2.35. The van der Waals surface area contributed by atoms with Crippen molar-refractivity contribution >= 4 is 23.8 Å². The molecule has 1 amide bonds. The summed E-state index contributed by atoms with van der Waals surface area (Å²) in [5.41, 5.74) is 2.42. The topological polar surface area (TPSA) is 64.4 Å². The van der Waals surface area contributed by atoms with Gasteiger partial charge in [-0.15, -0.1) is 0 Å². The van der Waals surface area contributed by atoms with Crippen molar-refractivity contribution in [3.63, 3.8) is 0 Å². The third-order valence-corrected chi connectivity index (χ3v) is 6.05. The number of benzene rings is 1. The SMILES string of the molecule is O=Cc1cnn(-c2ccc(Cl)cc2)c1C1CCN(C(=O)C2CCOCC2)CC1. The molecule has 1 aromatic carbocycles. The summed E-state index contributed by atoms with van der Waals surface area (Å²) in [6.45, 7) is 2.78. The molecule has 3 heterocycles. The quantitative estimate of drug-likeness (QED) is 0.736. The molecule has 2 aliphatic heterocycles. The number of carbonyl (C=O) groups excluding carboxylic acids is 2. The second kappa shape index (κ2) is 8.45. The Morgan fingerprint density at radius 3 is 2.43 bits per heavy atom. The number of rotatable bonds is 4. The van der Waals surface area contributed by atoms with E-state index in [0.717, 1.165) is 43.4 Å². The van der Waals surface area contributed by atoms with Crippen LogP contribution >= 0.6 is 11.6 Å². The van der Waals surface area contributed by atoms with E-state index in [1.165, 1.54) is 0 Å². The van der Waals surface area contributed by atoms with E-state index >= 15 is 0 Å². The molecule has 2 aromatic rings. The first-order chi connectivity index (χ1) is 13.7. The van der Waals surface area contributed by atoms with Gasteiger partial charge in [0.15, 0.2) is 6.29 Å². The van der Waals surface area contributed by atoms with Crippen molar-refractivity contribution in [1.82, 2.24) is 14.7 Å². The van der Waals surface area contributed by atoms with E-state index in [-0.39, 0.29) is 17.7 Å². The molecule has 0 N–H and O–H groups in total. The number of likely N-dealkylation sites (tertiary alicyclic amines) is 1. The maximum absolute atomic E-state index is 12.8. The normalized spacial score (nSPS) is 19.0. The minimum atomic E-state index is 0.0930. The number of hydrogen-bond acceptors (Lipinski definition) is 4. The van der Waals surface area contributed by atoms with Crippen molar-refractivity contribution in [3.05, 3.63) is 46.7 Å². The zero-order valence-electron chi connectivity index (χ0n) is 15.7. The van der Waals surface area contributed by atoms with Crippen LogP contribution in [-0.2, 0) is 9.53 Å². The van der Waals surface area contributed by atoms with Crippen LogP contribution in [0.1, 0.15) is 47.7 Å². The average Bonchev–Trinajstić information content (AvgIpc) is 3.18. The van der Waals surface area contributed by atoms with Gasteiger partial charge in [0.1, 0.15) is 0 Å². The van der Waals surface area contributed by atoms with Gasteiger partial charge in [-0.1, -0.05) is 11.6 Å². The van der Waals surface area contributed by atoms with E-state index in [4.69, 9.17) is 16.3 Å². The molecular weight excluding hydrogens is 378 g/mol. The van der Waals surface area contributed by atoms with Gasteiger partial charge in [0.2, 0.25) is 5.91 Å². The summed E-state index contributed by atoms with van der Waals surface area (Å²) in [5, 5.41) is 5.10. The van der Waals surface area contributed by atoms with E-state index in [1.807, 2.05) is 33.8 Å². The lowest BCUT2D eigenvalue weighted by Crippen LogP contribution is -2.43. The third-order valence-electron chi connectivity index (χ3n) is 5.80. The maximum Gasteiger partial charge on any atom is 0.225 e. The standard InChI is InChI=1S/C21H24ClN3O3/c22-18-1-3-19(4-2-18)25-20(17(14-26)13-23-25)15-5-9-24(10-6-15)21(27)16-7-11-28-12-8-16/h1-4,13-16H,5-12H2. The summed E-state index contributed by atoms with van der Waals surface area (Å²) in [5.74, 6) is 0.538. The number of nitrogens with zero attached hydrogens (tertiary/aromatic N) is 3. The summed E-state index contributed by atoms with van der Waals surface area (Å²) < 4.78 is 7.20. The lowest BCUT2D eigenvalue weighted by molar-refractivity contribution is -0.139. The van der Waals surface area contributed by atoms with Gasteiger partial charge in [0.25, 0.3) is 0 Å². The van der Waals surface area contributed by atoms with Crippen LogP contribution in [0.3, 0.4) is 0 Å². The van der Waals surface area contributed by atoms with E-state index in [0.29, 0.717) is 36.9 Å². The van der Waals surface area contributed by atoms with Crippen LogP contribution < -0.4 is 0 Å². The number of aromatic nitrogens is 2. The molecule has 2 fully saturated rings. The van der Waals surface area contributed by atoms with Gasteiger partial charge in [0.05, 0.1) is 23.1 Å². The van der Waals surface area contributed by atoms with Crippen molar-refractivity contribution in [2.75, 3.05) is 26.3 Å². The number of halogens is 1. The molecule has 4 rings (SSSR count). The maximum atomic E-state index is 12.8. The van der Waals surface area contributed by atoms with Crippen LogP contribution in [0.25, 0.3) is 5.69 Å². The van der Waals surface area contributed by atoms with Crippen LogP contribution in [0.4, 0.5) is 0 Å². The van der Waals surface area contributed by atoms with Crippen molar-refractivity contribution in [3.8, 4) is 5.69 Å². The van der Waals surface area contributed by atoms with Gasteiger partial charge >= 0.3 is 0 Å². The first kappa shape index (κ1) is 19.2. The summed E-state index contributed by atoms with van der Waals surface area (Å²) in [6.07, 6.45) is 5.78. The first-order valence-electron chi connectivity index (χ1n) is 9.83. The predicted octanol–water partition coefficient (Wildman–Crippen LogP) is 3.47. The van der Waals surface area contributed by atoms with Crippen LogP contribution in [0.5, 0.6) is 0 Å². The highest BCUT2D eigenvalue weighted by atomic mass is 35.5. The Labute approximate surface area is 169 Å². The second-order valence-electron chi connectivity index (χ2n) is 7.48. The Bertz CT molecular complexity index is 835. The van der Waals surface area contributed by atoms with Crippen molar-refractivity contribution in [2.45, 2.75) is 31.6 Å². The smallest absolute Gasteiger partial charge is 0.225 e.